The molecule has 0 aliphatic heterocycles. The van der Waals surface area contributed by atoms with Gasteiger partial charge in [-0.05, 0) is 19.3 Å². The fourth-order valence-corrected chi connectivity index (χ4v) is 0.937. The van der Waals surface area contributed by atoms with E-state index in [4.69, 9.17) is 20.4 Å². The van der Waals surface area contributed by atoms with Gasteiger partial charge in [-0.15, -0.1) is 0 Å². The third-order valence-electron chi connectivity index (χ3n) is 1.62. The van der Waals surface area contributed by atoms with Crippen LogP contribution in [0.5, 0.6) is 0 Å². The van der Waals surface area contributed by atoms with Crippen LogP contribution in [0.1, 0.15) is 25.7 Å². The standard InChI is InChI=1S/C10H16O5/c11-9(12)7-5-3-1-2-4-6-8-10(13,14)15/h1,3,5,7,13-15H,2,4,6,8H2,(H,11,12). The van der Waals surface area contributed by atoms with Gasteiger partial charge >= 0.3 is 5.97 Å². The second-order valence-corrected chi connectivity index (χ2v) is 3.15. The first-order valence-corrected chi connectivity index (χ1v) is 4.65. The molecular weight excluding hydrogens is 200 g/mol. The molecule has 0 unspecified atom stereocenters. The molecule has 0 aliphatic carbocycles. The number of hydrogen-bond acceptors (Lipinski definition) is 4. The Hall–Kier alpha value is -1.17. The Morgan fingerprint density at radius 2 is 1.80 bits per heavy atom. The molecule has 0 aromatic rings. The number of hydrogen-bond donors (Lipinski definition) is 4. The highest BCUT2D eigenvalue weighted by molar-refractivity contribution is 5.80. The molecule has 0 rings (SSSR count). The van der Waals surface area contributed by atoms with Crippen LogP contribution in [0, 0.1) is 0 Å². The highest BCUT2D eigenvalue weighted by Crippen LogP contribution is 2.08. The minimum atomic E-state index is -2.58. The number of carbonyl (C=O) groups is 1. The molecule has 0 spiro atoms. The molecule has 5 heteroatoms. The number of allylic oxidation sites excluding steroid dienone is 3. The van der Waals surface area contributed by atoms with Crippen molar-refractivity contribution in [3.63, 3.8) is 0 Å². The van der Waals surface area contributed by atoms with E-state index in [1.54, 1.807) is 12.2 Å². The Labute approximate surface area is 88.0 Å². The molecule has 0 saturated heterocycles. The van der Waals surface area contributed by atoms with Gasteiger partial charge in [-0.2, -0.15) is 0 Å². The van der Waals surface area contributed by atoms with E-state index < -0.39 is 11.9 Å². The van der Waals surface area contributed by atoms with Crippen molar-refractivity contribution in [2.24, 2.45) is 0 Å². The minimum Gasteiger partial charge on any atom is -0.478 e. The van der Waals surface area contributed by atoms with Gasteiger partial charge in [-0.3, -0.25) is 0 Å². The van der Waals surface area contributed by atoms with E-state index in [0.29, 0.717) is 19.3 Å². The average Bonchev–Trinajstić information content (AvgIpc) is 2.07. The van der Waals surface area contributed by atoms with E-state index in [2.05, 4.69) is 0 Å². The first kappa shape index (κ1) is 13.8. The van der Waals surface area contributed by atoms with Crippen LogP contribution in [0.4, 0.5) is 0 Å². The van der Waals surface area contributed by atoms with Crippen LogP contribution in [0.2, 0.25) is 0 Å². The monoisotopic (exact) mass is 216 g/mol. The van der Waals surface area contributed by atoms with E-state index in [1.807, 2.05) is 0 Å². The van der Waals surface area contributed by atoms with Gasteiger partial charge in [0.05, 0.1) is 0 Å². The van der Waals surface area contributed by atoms with E-state index in [1.165, 1.54) is 6.08 Å². The summed E-state index contributed by atoms with van der Waals surface area (Å²) >= 11 is 0. The van der Waals surface area contributed by atoms with E-state index in [-0.39, 0.29) is 6.42 Å². The Balaban J connectivity index is 3.43. The third-order valence-corrected chi connectivity index (χ3v) is 1.62. The Morgan fingerprint density at radius 3 is 2.33 bits per heavy atom. The van der Waals surface area contributed by atoms with Crippen LogP contribution < -0.4 is 0 Å². The lowest BCUT2D eigenvalue weighted by atomic mass is 10.1. The molecule has 0 aromatic heterocycles. The summed E-state index contributed by atoms with van der Waals surface area (Å²) in [5.41, 5.74) is 0. The number of rotatable bonds is 7. The molecule has 5 nitrogen and oxygen atoms in total. The maximum Gasteiger partial charge on any atom is 0.328 e. The molecule has 0 aliphatic rings. The van der Waals surface area contributed by atoms with Gasteiger partial charge in [-0.25, -0.2) is 4.79 Å². The maximum atomic E-state index is 10.0. The van der Waals surface area contributed by atoms with Crippen molar-refractivity contribution in [2.75, 3.05) is 0 Å². The lowest BCUT2D eigenvalue weighted by Gasteiger charge is -2.12. The highest BCUT2D eigenvalue weighted by Gasteiger charge is 2.15. The number of carboxylic acids is 1. The first-order valence-electron chi connectivity index (χ1n) is 4.65. The van der Waals surface area contributed by atoms with Crippen molar-refractivity contribution in [1.82, 2.24) is 0 Å². The zero-order chi connectivity index (χ0) is 11.7. The van der Waals surface area contributed by atoms with Crippen molar-refractivity contribution >= 4 is 5.97 Å². The molecule has 0 atom stereocenters. The molecule has 0 fully saturated rings. The van der Waals surface area contributed by atoms with Gasteiger partial charge in [0.15, 0.2) is 0 Å². The van der Waals surface area contributed by atoms with E-state index >= 15 is 0 Å². The predicted octanol–water partition coefficient (Wildman–Crippen LogP) is 0.375. The summed E-state index contributed by atoms with van der Waals surface area (Å²) in [6.45, 7) is 0. The van der Waals surface area contributed by atoms with E-state index in [9.17, 15) is 4.79 Å². The molecule has 0 amide bonds. The van der Waals surface area contributed by atoms with Crippen molar-refractivity contribution in [2.45, 2.75) is 31.7 Å². The normalized spacial score (nSPS) is 12.7. The van der Waals surface area contributed by atoms with Gasteiger partial charge in [-0.1, -0.05) is 18.2 Å². The number of aliphatic hydroxyl groups is 3. The summed E-state index contributed by atoms with van der Waals surface area (Å²) in [4.78, 5) is 10.0. The van der Waals surface area contributed by atoms with Crippen LogP contribution in [0.15, 0.2) is 24.3 Å². The lowest BCUT2D eigenvalue weighted by Crippen LogP contribution is -2.26. The third kappa shape index (κ3) is 12.8. The topological polar surface area (TPSA) is 98.0 Å². The van der Waals surface area contributed by atoms with Crippen LogP contribution in [0.3, 0.4) is 0 Å². The van der Waals surface area contributed by atoms with Crippen molar-refractivity contribution in [3.05, 3.63) is 24.3 Å². The van der Waals surface area contributed by atoms with E-state index in [0.717, 1.165) is 6.08 Å². The van der Waals surface area contributed by atoms with Gasteiger partial charge in [0, 0.05) is 12.5 Å². The fraction of sp³-hybridized carbons (Fsp3) is 0.500. The van der Waals surface area contributed by atoms with Crippen molar-refractivity contribution in [1.29, 1.82) is 0 Å². The SMILES string of the molecule is O=C(O)C=CC=CCCCCC(O)(O)O. The molecule has 0 radical (unpaired) electrons. The van der Waals surface area contributed by atoms with Crippen molar-refractivity contribution < 1.29 is 25.2 Å². The van der Waals surface area contributed by atoms with Crippen LogP contribution >= 0.6 is 0 Å². The summed E-state index contributed by atoms with van der Waals surface area (Å²) in [5.74, 6) is -3.57. The Bertz CT molecular complexity index is 237. The number of carboxylic acid groups (broad SMARTS) is 1. The molecule has 15 heavy (non-hydrogen) atoms. The van der Waals surface area contributed by atoms with Gasteiger partial charge in [0.1, 0.15) is 0 Å². The molecule has 86 valence electrons. The summed E-state index contributed by atoms with van der Waals surface area (Å²) < 4.78 is 0. The van der Waals surface area contributed by atoms with Gasteiger partial charge in [0.25, 0.3) is 5.97 Å². The summed E-state index contributed by atoms with van der Waals surface area (Å²) in [6.07, 6.45) is 7.60. The molecule has 4 N–H and O–H groups in total. The summed E-state index contributed by atoms with van der Waals surface area (Å²) in [5, 5.41) is 33.8. The van der Waals surface area contributed by atoms with Crippen LogP contribution in [0.25, 0.3) is 0 Å². The smallest absolute Gasteiger partial charge is 0.328 e. The zero-order valence-corrected chi connectivity index (χ0v) is 8.33. The number of unbranched alkanes of at least 4 members (excludes halogenated alkanes) is 2. The predicted molar refractivity (Wildman–Crippen MR) is 53.8 cm³/mol. The van der Waals surface area contributed by atoms with Crippen LogP contribution in [-0.2, 0) is 4.79 Å². The fourth-order valence-electron chi connectivity index (χ4n) is 0.937. The zero-order valence-electron chi connectivity index (χ0n) is 8.33. The van der Waals surface area contributed by atoms with Crippen LogP contribution in [-0.4, -0.2) is 32.4 Å². The van der Waals surface area contributed by atoms with Gasteiger partial charge < -0.3 is 20.4 Å². The largest absolute Gasteiger partial charge is 0.478 e. The average molecular weight is 216 g/mol. The molecular formula is C10H16O5. The number of aliphatic carboxylic acids is 1. The summed E-state index contributed by atoms with van der Waals surface area (Å²) in [6, 6.07) is 0. The second kappa shape index (κ2) is 7.17. The van der Waals surface area contributed by atoms with Gasteiger partial charge in [0.2, 0.25) is 0 Å². The minimum absolute atomic E-state index is 0.0915. The highest BCUT2D eigenvalue weighted by atomic mass is 16.7. The Morgan fingerprint density at radius 1 is 1.13 bits per heavy atom. The molecule has 0 heterocycles. The maximum absolute atomic E-state index is 10.0. The first-order chi connectivity index (χ1) is 6.92. The van der Waals surface area contributed by atoms with Crippen molar-refractivity contribution in [3.8, 4) is 0 Å². The second-order valence-electron chi connectivity index (χ2n) is 3.15. The summed E-state index contributed by atoms with van der Waals surface area (Å²) in [7, 11) is 0. The molecule has 0 bridgehead atoms. The molecule has 0 aromatic carbocycles. The quantitative estimate of drug-likeness (QED) is 0.213. The lowest BCUT2D eigenvalue weighted by molar-refractivity contribution is -0.314. The molecule has 0 saturated carbocycles. The Kier molecular flexibility index (Phi) is 6.61.